The smallest absolute Gasteiger partial charge is 0.244 e. The fourth-order valence-electron chi connectivity index (χ4n) is 4.91. The van der Waals surface area contributed by atoms with Crippen LogP contribution in [0.4, 0.5) is 5.69 Å². The van der Waals surface area contributed by atoms with Crippen LogP contribution in [0, 0.1) is 13.8 Å². The lowest BCUT2D eigenvalue weighted by Crippen LogP contribution is -2.37. The number of halogens is 2. The summed E-state index contributed by atoms with van der Waals surface area (Å²) in [6.07, 6.45) is 1.76. The van der Waals surface area contributed by atoms with Gasteiger partial charge in [-0.3, -0.25) is 9.78 Å². The molecule has 2 atom stereocenters. The maximum atomic E-state index is 13.1. The molecule has 0 saturated carbocycles. The van der Waals surface area contributed by atoms with Gasteiger partial charge in [-0.25, -0.2) is 0 Å². The summed E-state index contributed by atoms with van der Waals surface area (Å²) in [5.41, 5.74) is 5.44. The SMILES string of the molecule is Cc1cc([C@H]2[C@H](c3ccccn3)NC(=S)N2CC(=O)Nc2ccccc2)c(C)n1-c1ccc(Cl)cc1Cl. The predicted molar refractivity (Wildman–Crippen MR) is 152 cm³/mol. The molecule has 1 amide bonds. The summed E-state index contributed by atoms with van der Waals surface area (Å²) < 4.78 is 2.10. The van der Waals surface area contributed by atoms with E-state index in [-0.39, 0.29) is 24.5 Å². The lowest BCUT2D eigenvalue weighted by molar-refractivity contribution is -0.116. The summed E-state index contributed by atoms with van der Waals surface area (Å²) >= 11 is 18.5. The van der Waals surface area contributed by atoms with Gasteiger partial charge in [0.1, 0.15) is 6.54 Å². The minimum Gasteiger partial charge on any atom is -0.352 e. The number of amides is 1. The fraction of sp³-hybridized carbons (Fsp3) is 0.179. The zero-order chi connectivity index (χ0) is 26.1. The number of carbonyl (C=O) groups is 1. The lowest BCUT2D eigenvalue weighted by Gasteiger charge is -2.27. The second kappa shape index (κ2) is 10.5. The van der Waals surface area contributed by atoms with E-state index < -0.39 is 0 Å². The van der Waals surface area contributed by atoms with Crippen LogP contribution in [0.2, 0.25) is 10.0 Å². The van der Waals surface area contributed by atoms with Crippen LogP contribution in [0.3, 0.4) is 0 Å². The number of thiocarbonyl (C=S) groups is 1. The number of nitrogens with one attached hydrogen (secondary N) is 2. The Balaban J connectivity index is 1.55. The first kappa shape index (κ1) is 25.3. The maximum Gasteiger partial charge on any atom is 0.244 e. The molecule has 5 rings (SSSR count). The van der Waals surface area contributed by atoms with Gasteiger partial charge < -0.3 is 20.1 Å². The molecule has 0 spiro atoms. The Morgan fingerprint density at radius 3 is 2.51 bits per heavy atom. The molecule has 0 unspecified atom stereocenters. The highest BCUT2D eigenvalue weighted by molar-refractivity contribution is 7.80. The van der Waals surface area contributed by atoms with Gasteiger partial charge in [0.05, 0.1) is 28.5 Å². The number of benzene rings is 2. The van der Waals surface area contributed by atoms with E-state index in [9.17, 15) is 4.79 Å². The minimum absolute atomic E-state index is 0.0834. The van der Waals surface area contributed by atoms with Gasteiger partial charge in [0.15, 0.2) is 5.11 Å². The summed E-state index contributed by atoms with van der Waals surface area (Å²) in [5, 5.41) is 8.01. The molecule has 1 aliphatic rings. The van der Waals surface area contributed by atoms with Crippen LogP contribution in [0.25, 0.3) is 5.69 Å². The van der Waals surface area contributed by atoms with E-state index in [1.165, 1.54) is 0 Å². The van der Waals surface area contributed by atoms with Crippen LogP contribution in [0.5, 0.6) is 0 Å². The van der Waals surface area contributed by atoms with E-state index in [1.807, 2.05) is 79.4 Å². The Morgan fingerprint density at radius 2 is 1.81 bits per heavy atom. The van der Waals surface area contributed by atoms with Crippen LogP contribution >= 0.6 is 35.4 Å². The van der Waals surface area contributed by atoms with E-state index in [0.29, 0.717) is 15.2 Å². The Hall–Kier alpha value is -3.39. The Morgan fingerprint density at radius 1 is 1.05 bits per heavy atom. The van der Waals surface area contributed by atoms with Crippen LogP contribution in [-0.2, 0) is 4.79 Å². The van der Waals surface area contributed by atoms with Gasteiger partial charge in [0.2, 0.25) is 5.91 Å². The van der Waals surface area contributed by atoms with Crippen molar-refractivity contribution in [3.63, 3.8) is 0 Å². The first-order valence-corrected chi connectivity index (χ1v) is 13.0. The number of hydrogen-bond acceptors (Lipinski definition) is 3. The molecule has 2 N–H and O–H groups in total. The third-order valence-electron chi connectivity index (χ3n) is 6.51. The molecule has 188 valence electrons. The third-order valence-corrected chi connectivity index (χ3v) is 7.40. The van der Waals surface area contributed by atoms with Crippen molar-refractivity contribution in [1.82, 2.24) is 19.8 Å². The molecule has 1 saturated heterocycles. The minimum atomic E-state index is -0.269. The van der Waals surface area contributed by atoms with Crippen molar-refractivity contribution >= 4 is 52.1 Å². The van der Waals surface area contributed by atoms with Gasteiger partial charge in [-0.2, -0.15) is 0 Å². The topological polar surface area (TPSA) is 62.2 Å². The van der Waals surface area contributed by atoms with E-state index in [1.54, 1.807) is 12.3 Å². The number of para-hydroxylation sites is 1. The molecule has 0 bridgehead atoms. The van der Waals surface area contributed by atoms with Crippen LogP contribution in [0.15, 0.2) is 79.0 Å². The Kier molecular flexibility index (Phi) is 7.20. The molecule has 9 heteroatoms. The number of pyridine rings is 1. The molecule has 2 aromatic carbocycles. The lowest BCUT2D eigenvalue weighted by atomic mass is 9.96. The molecule has 6 nitrogen and oxygen atoms in total. The Bertz CT molecular complexity index is 1460. The van der Waals surface area contributed by atoms with E-state index in [2.05, 4.69) is 26.3 Å². The standard InChI is InChI=1S/C28H25Cl2N5OS/c1-17-14-21(18(2)35(17)24-12-11-19(29)15-22(24)30)27-26(23-10-6-7-13-31-23)33-28(37)34(27)16-25(36)32-20-8-4-3-5-9-20/h3-15,26-27H,16H2,1-2H3,(H,32,36)(H,33,37)/t26-,27-/m0/s1. The van der Waals surface area contributed by atoms with E-state index >= 15 is 0 Å². The number of rotatable bonds is 6. The number of nitrogens with zero attached hydrogens (tertiary/aromatic N) is 3. The van der Waals surface area contributed by atoms with Crippen molar-refractivity contribution in [3.8, 4) is 5.69 Å². The van der Waals surface area contributed by atoms with Crippen LogP contribution in [0.1, 0.15) is 34.7 Å². The molecule has 0 aliphatic carbocycles. The highest BCUT2D eigenvalue weighted by Crippen LogP contribution is 2.42. The van der Waals surface area contributed by atoms with Gasteiger partial charge in [0, 0.05) is 28.3 Å². The van der Waals surface area contributed by atoms with Gasteiger partial charge >= 0.3 is 0 Å². The molecule has 1 fully saturated rings. The average molecular weight is 551 g/mol. The van der Waals surface area contributed by atoms with E-state index in [4.69, 9.17) is 35.4 Å². The molecule has 3 heterocycles. The monoisotopic (exact) mass is 549 g/mol. The average Bonchev–Trinajstić information content (AvgIpc) is 3.35. The van der Waals surface area contributed by atoms with Crippen molar-refractivity contribution < 1.29 is 4.79 Å². The van der Waals surface area contributed by atoms with Gasteiger partial charge in [-0.05, 0) is 80.2 Å². The van der Waals surface area contributed by atoms with Gasteiger partial charge in [-0.15, -0.1) is 0 Å². The Labute approximate surface area is 231 Å². The normalized spacial score (nSPS) is 17.1. The van der Waals surface area contributed by atoms with Gasteiger partial charge in [0.25, 0.3) is 0 Å². The number of hydrogen-bond donors (Lipinski definition) is 2. The summed E-state index contributed by atoms with van der Waals surface area (Å²) in [6, 6.07) is 22.3. The zero-order valence-corrected chi connectivity index (χ0v) is 22.6. The largest absolute Gasteiger partial charge is 0.352 e. The van der Waals surface area contributed by atoms with Crippen molar-refractivity contribution in [3.05, 3.63) is 112 Å². The first-order valence-electron chi connectivity index (χ1n) is 11.8. The van der Waals surface area contributed by atoms with Crippen molar-refractivity contribution in [2.45, 2.75) is 25.9 Å². The highest BCUT2D eigenvalue weighted by Gasteiger charge is 2.42. The number of aromatic nitrogens is 2. The molecule has 1 aliphatic heterocycles. The molecule has 4 aromatic rings. The summed E-state index contributed by atoms with van der Waals surface area (Å²) in [6.45, 7) is 4.16. The molecule has 37 heavy (non-hydrogen) atoms. The van der Waals surface area contributed by atoms with Crippen molar-refractivity contribution in [1.29, 1.82) is 0 Å². The second-order valence-corrected chi connectivity index (χ2v) is 10.2. The van der Waals surface area contributed by atoms with Crippen molar-refractivity contribution in [2.75, 3.05) is 11.9 Å². The van der Waals surface area contributed by atoms with Crippen LogP contribution < -0.4 is 10.6 Å². The van der Waals surface area contributed by atoms with Gasteiger partial charge in [-0.1, -0.05) is 47.5 Å². The second-order valence-electron chi connectivity index (χ2n) is 8.93. The molecule has 0 radical (unpaired) electrons. The predicted octanol–water partition coefficient (Wildman–Crippen LogP) is 6.41. The summed E-state index contributed by atoms with van der Waals surface area (Å²) in [7, 11) is 0. The molecular formula is C28H25Cl2N5OS. The van der Waals surface area contributed by atoms with E-state index in [0.717, 1.165) is 34.0 Å². The number of anilines is 1. The number of carbonyl (C=O) groups excluding carboxylic acids is 1. The van der Waals surface area contributed by atoms with Crippen molar-refractivity contribution in [2.24, 2.45) is 0 Å². The third kappa shape index (κ3) is 5.07. The number of aryl methyl sites for hydroxylation is 1. The molecular weight excluding hydrogens is 525 g/mol. The summed E-state index contributed by atoms with van der Waals surface area (Å²) in [5.74, 6) is -0.156. The zero-order valence-electron chi connectivity index (χ0n) is 20.3. The van der Waals surface area contributed by atoms with Crippen LogP contribution in [-0.4, -0.2) is 32.0 Å². The quantitative estimate of drug-likeness (QED) is 0.272. The first-order chi connectivity index (χ1) is 17.8. The summed E-state index contributed by atoms with van der Waals surface area (Å²) in [4.78, 5) is 19.6. The molecule has 2 aromatic heterocycles. The maximum absolute atomic E-state index is 13.1. The highest BCUT2D eigenvalue weighted by atomic mass is 35.5. The fourth-order valence-corrected chi connectivity index (χ4v) is 5.71.